The average Bonchev–Trinajstić information content (AvgIpc) is 3.39. The SMILES string of the molecule is Cc1nc(NCC2CCNCC2)nc(N[C@@H]2C[C@H](CO)[C@@H](O)[C@H]2O)c1-c1nc2ccccc2s1. The monoisotopic (exact) mass is 484 g/mol. The van der Waals surface area contributed by atoms with Crippen LogP contribution in [-0.4, -0.2) is 74.8 Å². The highest BCUT2D eigenvalue weighted by Gasteiger charge is 2.41. The number of nitrogens with one attached hydrogen (secondary N) is 3. The maximum Gasteiger partial charge on any atom is 0.224 e. The fraction of sp³-hybridized carbons (Fsp3) is 0.542. The highest BCUT2D eigenvalue weighted by Crippen LogP contribution is 2.38. The van der Waals surface area contributed by atoms with Crippen LogP contribution in [0.2, 0.25) is 0 Å². The molecule has 182 valence electrons. The molecule has 2 aliphatic rings. The Kier molecular flexibility index (Phi) is 6.94. The summed E-state index contributed by atoms with van der Waals surface area (Å²) in [6.45, 7) is 4.64. The van der Waals surface area contributed by atoms with E-state index in [4.69, 9.17) is 15.0 Å². The van der Waals surface area contributed by atoms with Crippen molar-refractivity contribution in [3.63, 3.8) is 0 Å². The van der Waals surface area contributed by atoms with Gasteiger partial charge in [0.2, 0.25) is 5.95 Å². The summed E-state index contributed by atoms with van der Waals surface area (Å²) < 4.78 is 1.08. The second kappa shape index (κ2) is 10.1. The van der Waals surface area contributed by atoms with Crippen molar-refractivity contribution in [1.82, 2.24) is 20.3 Å². The molecular formula is C24H32N6O3S. The normalized spacial score (nSPS) is 25.6. The van der Waals surface area contributed by atoms with Crippen LogP contribution in [-0.2, 0) is 0 Å². The molecule has 1 aromatic carbocycles. The molecule has 9 nitrogen and oxygen atoms in total. The molecule has 0 radical (unpaired) electrons. The number of piperidine rings is 1. The molecule has 5 rings (SSSR count). The summed E-state index contributed by atoms with van der Waals surface area (Å²) >= 11 is 1.57. The molecule has 4 atom stereocenters. The summed E-state index contributed by atoms with van der Waals surface area (Å²) in [6.07, 6.45) is 0.708. The summed E-state index contributed by atoms with van der Waals surface area (Å²) in [5, 5.41) is 41.5. The van der Waals surface area contributed by atoms with Gasteiger partial charge in [0.05, 0.1) is 33.6 Å². The number of aromatic nitrogens is 3. The Morgan fingerprint density at radius 3 is 2.62 bits per heavy atom. The first-order chi connectivity index (χ1) is 16.5. The van der Waals surface area contributed by atoms with Crippen LogP contribution in [0.4, 0.5) is 11.8 Å². The summed E-state index contributed by atoms with van der Waals surface area (Å²) in [5.41, 5.74) is 2.50. The van der Waals surface area contributed by atoms with E-state index in [2.05, 4.69) is 16.0 Å². The van der Waals surface area contributed by atoms with Crippen LogP contribution in [0.25, 0.3) is 20.8 Å². The number of hydrogen-bond acceptors (Lipinski definition) is 10. The van der Waals surface area contributed by atoms with Crippen LogP contribution >= 0.6 is 11.3 Å². The summed E-state index contributed by atoms with van der Waals surface area (Å²) in [5.74, 6) is 1.31. The highest BCUT2D eigenvalue weighted by molar-refractivity contribution is 7.21. The highest BCUT2D eigenvalue weighted by atomic mass is 32.1. The summed E-state index contributed by atoms with van der Waals surface area (Å²) in [6, 6.07) is 7.54. The van der Waals surface area contributed by atoms with Crippen LogP contribution in [0.3, 0.4) is 0 Å². The van der Waals surface area contributed by atoms with Gasteiger partial charge in [0, 0.05) is 19.1 Å². The first-order valence-corrected chi connectivity index (χ1v) is 12.8. The Bertz CT molecular complexity index is 1100. The lowest BCUT2D eigenvalue weighted by Crippen LogP contribution is -2.36. The van der Waals surface area contributed by atoms with E-state index in [0.717, 1.165) is 59.0 Å². The topological polar surface area (TPSA) is 135 Å². The van der Waals surface area contributed by atoms with Crippen molar-refractivity contribution in [2.75, 3.05) is 36.9 Å². The van der Waals surface area contributed by atoms with Gasteiger partial charge in [0.1, 0.15) is 16.9 Å². The Balaban J connectivity index is 1.47. The van der Waals surface area contributed by atoms with E-state index in [-0.39, 0.29) is 12.5 Å². The van der Waals surface area contributed by atoms with Gasteiger partial charge in [-0.25, -0.2) is 9.97 Å². The van der Waals surface area contributed by atoms with Crippen LogP contribution in [0.5, 0.6) is 0 Å². The zero-order chi connectivity index (χ0) is 23.7. The quantitative estimate of drug-likeness (QED) is 0.298. The lowest BCUT2D eigenvalue weighted by Gasteiger charge is -2.24. The molecule has 3 aromatic rings. The number of nitrogens with zero attached hydrogens (tertiary/aromatic N) is 3. The molecule has 1 aliphatic heterocycles. The predicted molar refractivity (Wildman–Crippen MR) is 134 cm³/mol. The zero-order valence-corrected chi connectivity index (χ0v) is 20.1. The smallest absolute Gasteiger partial charge is 0.224 e. The van der Waals surface area contributed by atoms with Crippen LogP contribution in [0.1, 0.15) is 25.0 Å². The third-order valence-corrected chi connectivity index (χ3v) is 8.02. The first kappa shape index (κ1) is 23.4. The summed E-state index contributed by atoms with van der Waals surface area (Å²) in [4.78, 5) is 14.4. The second-order valence-corrected chi connectivity index (χ2v) is 10.4. The number of rotatable bonds is 7. The van der Waals surface area contributed by atoms with Crippen molar-refractivity contribution in [1.29, 1.82) is 0 Å². The molecule has 6 N–H and O–H groups in total. The minimum absolute atomic E-state index is 0.174. The molecule has 0 unspecified atom stereocenters. The first-order valence-electron chi connectivity index (χ1n) is 12.0. The van der Waals surface area contributed by atoms with E-state index in [1.807, 2.05) is 31.2 Å². The molecule has 0 spiro atoms. The van der Waals surface area contributed by atoms with E-state index in [9.17, 15) is 15.3 Å². The molecule has 0 bridgehead atoms. The lowest BCUT2D eigenvalue weighted by atomic mass is 9.98. The second-order valence-electron chi connectivity index (χ2n) is 9.33. The number of aliphatic hydroxyl groups is 3. The van der Waals surface area contributed by atoms with Crippen molar-refractivity contribution in [2.24, 2.45) is 11.8 Å². The number of para-hydroxylation sites is 1. The van der Waals surface area contributed by atoms with Gasteiger partial charge in [-0.3, -0.25) is 0 Å². The van der Waals surface area contributed by atoms with Crippen LogP contribution in [0.15, 0.2) is 24.3 Å². The minimum atomic E-state index is -0.998. The molecular weight excluding hydrogens is 452 g/mol. The molecule has 2 fully saturated rings. The largest absolute Gasteiger partial charge is 0.396 e. The zero-order valence-electron chi connectivity index (χ0n) is 19.2. The molecule has 1 saturated carbocycles. The third-order valence-electron chi connectivity index (χ3n) is 6.96. The fourth-order valence-electron chi connectivity index (χ4n) is 4.94. The molecule has 0 amide bonds. The summed E-state index contributed by atoms with van der Waals surface area (Å²) in [7, 11) is 0. The third kappa shape index (κ3) is 4.73. The molecule has 1 saturated heterocycles. The van der Waals surface area contributed by atoms with Crippen molar-refractivity contribution >= 4 is 33.3 Å². The Morgan fingerprint density at radius 2 is 1.88 bits per heavy atom. The number of fused-ring (bicyclic) bond motifs is 1. The Labute approximate surface area is 202 Å². The van der Waals surface area contributed by atoms with Crippen molar-refractivity contribution < 1.29 is 15.3 Å². The molecule has 2 aromatic heterocycles. The van der Waals surface area contributed by atoms with Crippen molar-refractivity contribution in [3.8, 4) is 10.6 Å². The Hall–Kier alpha value is -2.37. The number of benzene rings is 1. The van der Waals surface area contributed by atoms with Crippen molar-refractivity contribution in [3.05, 3.63) is 30.0 Å². The number of thiazole rings is 1. The van der Waals surface area contributed by atoms with Crippen molar-refractivity contribution in [2.45, 2.75) is 44.4 Å². The number of anilines is 2. The van der Waals surface area contributed by atoms with E-state index in [0.29, 0.717) is 24.1 Å². The van der Waals surface area contributed by atoms with Crippen LogP contribution < -0.4 is 16.0 Å². The van der Waals surface area contributed by atoms with Crippen LogP contribution in [0, 0.1) is 18.8 Å². The number of aliphatic hydroxyl groups excluding tert-OH is 3. The van der Waals surface area contributed by atoms with Gasteiger partial charge < -0.3 is 31.3 Å². The Morgan fingerprint density at radius 1 is 1.09 bits per heavy atom. The van der Waals surface area contributed by atoms with E-state index < -0.39 is 18.2 Å². The number of aryl methyl sites for hydroxylation is 1. The van der Waals surface area contributed by atoms with Gasteiger partial charge in [0.15, 0.2) is 0 Å². The van der Waals surface area contributed by atoms with Gasteiger partial charge in [0.25, 0.3) is 0 Å². The van der Waals surface area contributed by atoms with E-state index >= 15 is 0 Å². The standard InChI is InChI=1S/C24H32N6O3S/c1-13-19(23-29-16-4-2-3-5-18(16)34-23)22(28-17-10-15(12-31)20(32)21(17)33)30-24(27-13)26-11-14-6-8-25-9-7-14/h2-5,14-15,17,20-21,25,31-33H,6-12H2,1H3,(H2,26,27,28,30)/t15-,17-,20-,21+/m1/s1. The van der Waals surface area contributed by atoms with Gasteiger partial charge in [-0.1, -0.05) is 12.1 Å². The molecule has 34 heavy (non-hydrogen) atoms. The van der Waals surface area contributed by atoms with Gasteiger partial charge in [-0.2, -0.15) is 4.98 Å². The maximum absolute atomic E-state index is 10.6. The van der Waals surface area contributed by atoms with Gasteiger partial charge in [-0.15, -0.1) is 11.3 Å². The minimum Gasteiger partial charge on any atom is -0.396 e. The van der Waals surface area contributed by atoms with E-state index in [1.54, 1.807) is 11.3 Å². The van der Waals surface area contributed by atoms with E-state index in [1.165, 1.54) is 0 Å². The average molecular weight is 485 g/mol. The maximum atomic E-state index is 10.6. The van der Waals surface area contributed by atoms with Gasteiger partial charge >= 0.3 is 0 Å². The predicted octanol–water partition coefficient (Wildman–Crippen LogP) is 1.99. The molecule has 10 heteroatoms. The fourth-order valence-corrected chi connectivity index (χ4v) is 6.00. The molecule has 1 aliphatic carbocycles. The van der Waals surface area contributed by atoms with Gasteiger partial charge in [-0.05, 0) is 57.3 Å². The molecule has 3 heterocycles. The lowest BCUT2D eigenvalue weighted by molar-refractivity contribution is 0.00446. The number of hydrogen-bond donors (Lipinski definition) is 6.